The van der Waals surface area contributed by atoms with Crippen LogP contribution in [0, 0.1) is 0 Å². The van der Waals surface area contributed by atoms with Crippen LogP contribution in [-0.2, 0) is 9.59 Å². The molecule has 1 fully saturated rings. The maximum atomic E-state index is 12.9. The SMILES string of the molecule is O=C(CCCC(=O)N1CCCN1C(=O)Nc1cccc2ccccc12)Nc1ccccc1. The number of amides is 4. The van der Waals surface area contributed by atoms with Crippen LogP contribution in [0.15, 0.2) is 72.8 Å². The highest BCUT2D eigenvalue weighted by Crippen LogP contribution is 2.24. The molecule has 7 nitrogen and oxygen atoms in total. The molecule has 3 aromatic carbocycles. The second-order valence-electron chi connectivity index (χ2n) is 7.72. The van der Waals surface area contributed by atoms with Crippen molar-refractivity contribution in [1.82, 2.24) is 10.0 Å². The van der Waals surface area contributed by atoms with E-state index in [0.717, 1.165) is 22.9 Å². The van der Waals surface area contributed by atoms with Crippen molar-refractivity contribution < 1.29 is 14.4 Å². The maximum absolute atomic E-state index is 12.9. The molecule has 1 aliphatic heterocycles. The highest BCUT2D eigenvalue weighted by Gasteiger charge is 2.30. The number of nitrogens with one attached hydrogen (secondary N) is 2. The lowest BCUT2D eigenvalue weighted by Crippen LogP contribution is -2.46. The van der Waals surface area contributed by atoms with Crippen LogP contribution in [0.5, 0.6) is 0 Å². The Balaban J connectivity index is 1.31. The van der Waals surface area contributed by atoms with Gasteiger partial charge >= 0.3 is 6.03 Å². The Morgan fingerprint density at radius 2 is 1.47 bits per heavy atom. The number of nitrogens with zero attached hydrogens (tertiary/aromatic N) is 2. The van der Waals surface area contributed by atoms with Gasteiger partial charge in [-0.3, -0.25) is 14.6 Å². The van der Waals surface area contributed by atoms with E-state index in [1.54, 1.807) is 0 Å². The number of fused-ring (bicyclic) bond motifs is 1. The van der Waals surface area contributed by atoms with Crippen LogP contribution in [0.2, 0.25) is 0 Å². The molecule has 1 saturated heterocycles. The summed E-state index contributed by atoms with van der Waals surface area (Å²) < 4.78 is 0. The Labute approximate surface area is 187 Å². The van der Waals surface area contributed by atoms with Crippen molar-refractivity contribution in [3.63, 3.8) is 0 Å². The maximum Gasteiger partial charge on any atom is 0.340 e. The summed E-state index contributed by atoms with van der Waals surface area (Å²) in [5.74, 6) is -0.279. The van der Waals surface area contributed by atoms with Gasteiger partial charge in [-0.2, -0.15) is 0 Å². The Bertz CT molecular complexity index is 1110. The molecule has 0 aromatic heterocycles. The monoisotopic (exact) mass is 430 g/mol. The predicted molar refractivity (Wildman–Crippen MR) is 125 cm³/mol. The summed E-state index contributed by atoms with van der Waals surface area (Å²) in [6.07, 6.45) is 1.60. The Morgan fingerprint density at radius 3 is 2.31 bits per heavy atom. The van der Waals surface area contributed by atoms with E-state index >= 15 is 0 Å². The minimum Gasteiger partial charge on any atom is -0.326 e. The molecule has 0 spiro atoms. The zero-order valence-electron chi connectivity index (χ0n) is 17.8. The molecule has 0 radical (unpaired) electrons. The predicted octanol–water partition coefficient (Wildman–Crippen LogP) is 4.63. The number of urea groups is 1. The lowest BCUT2D eigenvalue weighted by atomic mass is 10.1. The summed E-state index contributed by atoms with van der Waals surface area (Å²) in [6.45, 7) is 0.981. The Kier molecular flexibility index (Phi) is 6.65. The molecule has 7 heteroatoms. The molecule has 0 atom stereocenters. The van der Waals surface area contributed by atoms with E-state index in [1.807, 2.05) is 72.8 Å². The zero-order valence-corrected chi connectivity index (χ0v) is 17.8. The van der Waals surface area contributed by atoms with Crippen LogP contribution in [-0.4, -0.2) is 41.0 Å². The first kappa shape index (κ1) is 21.4. The fourth-order valence-electron chi connectivity index (χ4n) is 3.87. The molecule has 3 aromatic rings. The average molecular weight is 431 g/mol. The van der Waals surface area contributed by atoms with Gasteiger partial charge in [-0.05, 0) is 36.4 Å². The standard InChI is InChI=1S/C25H26N4O3/c30-23(26-20-11-2-1-3-12-20)15-7-16-24(31)28-17-8-18-29(28)25(32)27-22-14-6-10-19-9-4-5-13-21(19)22/h1-6,9-14H,7-8,15-18H2,(H,26,30)(H,27,32). The molecule has 2 N–H and O–H groups in total. The smallest absolute Gasteiger partial charge is 0.326 e. The minimum atomic E-state index is -0.325. The molecular formula is C25H26N4O3. The second-order valence-corrected chi connectivity index (χ2v) is 7.72. The van der Waals surface area contributed by atoms with Crippen molar-refractivity contribution in [2.24, 2.45) is 0 Å². The molecule has 0 bridgehead atoms. The summed E-state index contributed by atoms with van der Waals surface area (Å²) in [6, 6.07) is 22.5. The largest absolute Gasteiger partial charge is 0.340 e. The third-order valence-electron chi connectivity index (χ3n) is 5.44. The molecule has 32 heavy (non-hydrogen) atoms. The van der Waals surface area contributed by atoms with Crippen LogP contribution < -0.4 is 10.6 Å². The lowest BCUT2D eigenvalue weighted by Gasteiger charge is -2.28. The van der Waals surface area contributed by atoms with Crippen LogP contribution in [0.3, 0.4) is 0 Å². The van der Waals surface area contributed by atoms with Crippen LogP contribution >= 0.6 is 0 Å². The molecular weight excluding hydrogens is 404 g/mol. The highest BCUT2D eigenvalue weighted by atomic mass is 16.2. The van der Waals surface area contributed by atoms with Crippen molar-refractivity contribution in [2.75, 3.05) is 23.7 Å². The van der Waals surface area contributed by atoms with Crippen molar-refractivity contribution in [3.8, 4) is 0 Å². The molecule has 0 aliphatic carbocycles. The molecule has 0 unspecified atom stereocenters. The third kappa shape index (κ3) is 5.06. The van der Waals surface area contributed by atoms with Crippen LogP contribution in [0.1, 0.15) is 25.7 Å². The number of carbonyl (C=O) groups excluding carboxylic acids is 3. The normalized spacial score (nSPS) is 13.2. The van der Waals surface area contributed by atoms with Gasteiger partial charge in [0.2, 0.25) is 11.8 Å². The van der Waals surface area contributed by atoms with Gasteiger partial charge in [-0.1, -0.05) is 54.6 Å². The summed E-state index contributed by atoms with van der Waals surface area (Å²) in [5, 5.41) is 10.7. The third-order valence-corrected chi connectivity index (χ3v) is 5.44. The van der Waals surface area contributed by atoms with E-state index in [2.05, 4.69) is 10.6 Å². The number of benzene rings is 3. The number of hydrogen-bond donors (Lipinski definition) is 2. The first-order valence-electron chi connectivity index (χ1n) is 10.8. The van der Waals surface area contributed by atoms with E-state index in [-0.39, 0.29) is 30.7 Å². The fraction of sp³-hybridized carbons (Fsp3) is 0.240. The summed E-state index contributed by atoms with van der Waals surface area (Å²) in [4.78, 5) is 37.7. The van der Waals surface area contributed by atoms with Gasteiger partial charge in [0.15, 0.2) is 0 Å². The zero-order chi connectivity index (χ0) is 22.3. The van der Waals surface area contributed by atoms with Crippen molar-refractivity contribution in [1.29, 1.82) is 0 Å². The van der Waals surface area contributed by atoms with Crippen molar-refractivity contribution in [3.05, 3.63) is 72.8 Å². The minimum absolute atomic E-state index is 0.129. The molecule has 4 rings (SSSR count). The number of rotatable bonds is 6. The number of anilines is 2. The van der Waals surface area contributed by atoms with Gasteiger partial charge < -0.3 is 10.6 Å². The van der Waals surface area contributed by atoms with E-state index < -0.39 is 0 Å². The van der Waals surface area contributed by atoms with Crippen LogP contribution in [0.25, 0.3) is 10.8 Å². The van der Waals surface area contributed by atoms with E-state index in [4.69, 9.17) is 0 Å². The summed E-state index contributed by atoms with van der Waals surface area (Å²) in [5.41, 5.74) is 1.45. The van der Waals surface area contributed by atoms with Crippen molar-refractivity contribution >= 4 is 40.0 Å². The topological polar surface area (TPSA) is 81.8 Å². The summed E-state index contributed by atoms with van der Waals surface area (Å²) >= 11 is 0. The Morgan fingerprint density at radius 1 is 0.750 bits per heavy atom. The van der Waals surface area contributed by atoms with Gasteiger partial charge in [-0.15, -0.1) is 0 Å². The molecule has 1 aliphatic rings. The van der Waals surface area contributed by atoms with Crippen molar-refractivity contribution in [2.45, 2.75) is 25.7 Å². The average Bonchev–Trinajstić information content (AvgIpc) is 3.30. The number of hydrogen-bond acceptors (Lipinski definition) is 3. The van der Waals surface area contributed by atoms with Gasteiger partial charge in [0.1, 0.15) is 0 Å². The first-order valence-corrected chi connectivity index (χ1v) is 10.8. The number of carbonyl (C=O) groups is 3. The first-order chi connectivity index (χ1) is 15.6. The second kappa shape index (κ2) is 9.96. The summed E-state index contributed by atoms with van der Waals surface area (Å²) in [7, 11) is 0. The quantitative estimate of drug-likeness (QED) is 0.598. The number of hydrazine groups is 1. The highest BCUT2D eigenvalue weighted by molar-refractivity contribution is 6.02. The van der Waals surface area contributed by atoms with Crippen LogP contribution in [0.4, 0.5) is 16.2 Å². The van der Waals surface area contributed by atoms with E-state index in [0.29, 0.717) is 25.2 Å². The molecule has 1 heterocycles. The van der Waals surface area contributed by atoms with Gasteiger partial charge in [0, 0.05) is 37.0 Å². The molecule has 164 valence electrons. The van der Waals surface area contributed by atoms with Gasteiger partial charge in [0.05, 0.1) is 5.69 Å². The van der Waals surface area contributed by atoms with E-state index in [9.17, 15) is 14.4 Å². The molecule has 4 amide bonds. The Hall–Kier alpha value is -3.87. The van der Waals surface area contributed by atoms with E-state index in [1.165, 1.54) is 10.0 Å². The lowest BCUT2D eigenvalue weighted by molar-refractivity contribution is -0.139. The van der Waals surface area contributed by atoms with Gasteiger partial charge in [-0.25, -0.2) is 9.80 Å². The van der Waals surface area contributed by atoms with Gasteiger partial charge in [0.25, 0.3) is 0 Å². The number of para-hydroxylation sites is 1. The molecule has 0 saturated carbocycles. The fourth-order valence-corrected chi connectivity index (χ4v) is 3.87.